The van der Waals surface area contributed by atoms with Crippen molar-refractivity contribution in [3.8, 4) is 0 Å². The van der Waals surface area contributed by atoms with Crippen LogP contribution < -0.4 is 0 Å². The summed E-state index contributed by atoms with van der Waals surface area (Å²) in [6.45, 7) is 7.85. The highest BCUT2D eigenvalue weighted by molar-refractivity contribution is 5.16. The Labute approximate surface area is 122 Å². The van der Waals surface area contributed by atoms with E-state index in [9.17, 15) is 0 Å². The van der Waals surface area contributed by atoms with Crippen LogP contribution in [0.25, 0.3) is 0 Å². The van der Waals surface area contributed by atoms with Crippen LogP contribution in [-0.4, -0.2) is 12.7 Å². The van der Waals surface area contributed by atoms with Crippen LogP contribution in [0.3, 0.4) is 0 Å². The van der Waals surface area contributed by atoms with E-state index in [1.165, 1.54) is 12.8 Å². The zero-order valence-electron chi connectivity index (χ0n) is 12.8. The van der Waals surface area contributed by atoms with E-state index in [1.54, 1.807) is 0 Å². The van der Waals surface area contributed by atoms with Crippen LogP contribution >= 0.6 is 0 Å². The van der Waals surface area contributed by atoms with Crippen molar-refractivity contribution in [3.05, 3.63) is 35.9 Å². The van der Waals surface area contributed by atoms with E-state index < -0.39 is 0 Å². The third kappa shape index (κ3) is 2.64. The Morgan fingerprint density at radius 2 is 1.85 bits per heavy atom. The minimum Gasteiger partial charge on any atom is -0.348 e. The molecule has 0 unspecified atom stereocenters. The van der Waals surface area contributed by atoms with Crippen LogP contribution in [-0.2, 0) is 9.47 Å². The molecule has 0 aromatic heterocycles. The molecule has 0 amide bonds. The number of fused-ring (bicyclic) bond motifs is 1. The monoisotopic (exact) mass is 274 g/mol. The summed E-state index contributed by atoms with van der Waals surface area (Å²) in [7, 11) is 0. The van der Waals surface area contributed by atoms with E-state index in [2.05, 4.69) is 45.0 Å². The number of hydrogen-bond acceptors (Lipinski definition) is 2. The summed E-state index contributed by atoms with van der Waals surface area (Å²) >= 11 is 0. The van der Waals surface area contributed by atoms with Gasteiger partial charge in [-0.25, -0.2) is 0 Å². The summed E-state index contributed by atoms with van der Waals surface area (Å²) in [4.78, 5) is 0. The minimum absolute atomic E-state index is 0.177. The van der Waals surface area contributed by atoms with Crippen molar-refractivity contribution in [1.29, 1.82) is 0 Å². The maximum atomic E-state index is 6.40. The summed E-state index contributed by atoms with van der Waals surface area (Å²) in [6, 6.07) is 10.3. The van der Waals surface area contributed by atoms with Crippen molar-refractivity contribution in [2.45, 2.75) is 46.0 Å². The first-order valence-corrected chi connectivity index (χ1v) is 7.99. The van der Waals surface area contributed by atoms with Gasteiger partial charge in [-0.05, 0) is 30.6 Å². The predicted molar refractivity (Wildman–Crippen MR) is 80.2 cm³/mol. The van der Waals surface area contributed by atoms with Crippen molar-refractivity contribution in [1.82, 2.24) is 0 Å². The van der Waals surface area contributed by atoms with E-state index in [0.29, 0.717) is 29.8 Å². The van der Waals surface area contributed by atoms with E-state index in [4.69, 9.17) is 9.47 Å². The van der Waals surface area contributed by atoms with Crippen LogP contribution in [0.1, 0.15) is 45.5 Å². The van der Waals surface area contributed by atoms with Gasteiger partial charge in [-0.1, -0.05) is 51.1 Å². The van der Waals surface area contributed by atoms with Gasteiger partial charge in [-0.2, -0.15) is 0 Å². The van der Waals surface area contributed by atoms with Crippen LogP contribution in [0.5, 0.6) is 0 Å². The molecule has 0 radical (unpaired) electrons. The summed E-state index contributed by atoms with van der Waals surface area (Å²) < 4.78 is 12.4. The molecule has 3 rings (SSSR count). The number of benzene rings is 1. The van der Waals surface area contributed by atoms with Gasteiger partial charge < -0.3 is 9.47 Å². The highest BCUT2D eigenvalue weighted by Crippen LogP contribution is 2.44. The Hall–Kier alpha value is -0.860. The van der Waals surface area contributed by atoms with Gasteiger partial charge in [-0.15, -0.1) is 0 Å². The quantitative estimate of drug-likeness (QED) is 0.795. The van der Waals surface area contributed by atoms with E-state index in [1.807, 2.05) is 6.07 Å². The van der Waals surface area contributed by atoms with Crippen LogP contribution in [0, 0.1) is 23.7 Å². The molecule has 0 spiro atoms. The lowest BCUT2D eigenvalue weighted by Gasteiger charge is -2.48. The molecule has 0 bridgehead atoms. The Kier molecular flexibility index (Phi) is 4.13. The lowest BCUT2D eigenvalue weighted by Crippen LogP contribution is -2.48. The molecule has 1 aromatic rings. The van der Waals surface area contributed by atoms with Gasteiger partial charge in [0.2, 0.25) is 0 Å². The first-order valence-electron chi connectivity index (χ1n) is 7.99. The molecule has 2 aliphatic rings. The Bertz CT molecular complexity index is 426. The van der Waals surface area contributed by atoms with Gasteiger partial charge in [0.25, 0.3) is 0 Å². The normalized spacial score (nSPS) is 37.7. The van der Waals surface area contributed by atoms with Crippen molar-refractivity contribution in [2.24, 2.45) is 23.7 Å². The SMILES string of the molecule is CC(C)[C@H]1CC[C@@H](C)[C@@H]2CO[C@@H](c3ccccc3)O[C@H]21. The standard InChI is InChI=1S/C18H26O2/c1-12(2)15-10-9-13(3)16-11-19-18(20-17(15)16)14-7-5-4-6-8-14/h4-8,12-13,15-18H,9-11H2,1-3H3/t13-,15-,16+,17+,18-/m1/s1. The molecule has 0 N–H and O–H groups in total. The lowest BCUT2D eigenvalue weighted by molar-refractivity contribution is -0.272. The van der Waals surface area contributed by atoms with Gasteiger partial charge >= 0.3 is 0 Å². The van der Waals surface area contributed by atoms with Gasteiger partial charge in [-0.3, -0.25) is 0 Å². The second-order valence-electron chi connectivity index (χ2n) is 6.80. The van der Waals surface area contributed by atoms with E-state index in [0.717, 1.165) is 12.2 Å². The molecular weight excluding hydrogens is 248 g/mol. The number of hydrogen-bond donors (Lipinski definition) is 0. The van der Waals surface area contributed by atoms with Crippen molar-refractivity contribution in [3.63, 3.8) is 0 Å². The summed E-state index contributed by atoms with van der Waals surface area (Å²) in [5.41, 5.74) is 1.15. The fraction of sp³-hybridized carbons (Fsp3) is 0.667. The third-order valence-electron chi connectivity index (χ3n) is 5.18. The average Bonchev–Trinajstić information content (AvgIpc) is 2.48. The van der Waals surface area contributed by atoms with Crippen molar-refractivity contribution in [2.75, 3.05) is 6.61 Å². The Morgan fingerprint density at radius 1 is 1.10 bits per heavy atom. The average molecular weight is 274 g/mol. The van der Waals surface area contributed by atoms with E-state index in [-0.39, 0.29) is 6.29 Å². The Balaban J connectivity index is 1.79. The van der Waals surface area contributed by atoms with E-state index >= 15 is 0 Å². The molecule has 2 nitrogen and oxygen atoms in total. The molecule has 2 fully saturated rings. The molecule has 110 valence electrons. The highest BCUT2D eigenvalue weighted by atomic mass is 16.7. The molecule has 5 atom stereocenters. The fourth-order valence-corrected chi connectivity index (χ4v) is 3.81. The van der Waals surface area contributed by atoms with Crippen LogP contribution in [0.2, 0.25) is 0 Å². The summed E-state index contributed by atoms with van der Waals surface area (Å²) in [5.74, 6) is 2.64. The highest BCUT2D eigenvalue weighted by Gasteiger charge is 2.44. The van der Waals surface area contributed by atoms with Crippen LogP contribution in [0.4, 0.5) is 0 Å². The molecular formula is C18H26O2. The van der Waals surface area contributed by atoms with Crippen LogP contribution in [0.15, 0.2) is 30.3 Å². The third-order valence-corrected chi connectivity index (χ3v) is 5.18. The second kappa shape index (κ2) is 5.87. The molecule has 1 heterocycles. The Morgan fingerprint density at radius 3 is 2.55 bits per heavy atom. The molecule has 1 aromatic carbocycles. The second-order valence-corrected chi connectivity index (χ2v) is 6.80. The van der Waals surface area contributed by atoms with Crippen molar-refractivity contribution >= 4 is 0 Å². The molecule has 1 aliphatic carbocycles. The predicted octanol–water partition coefficient (Wildman–Crippen LogP) is 4.42. The zero-order valence-corrected chi connectivity index (χ0v) is 12.8. The minimum atomic E-state index is -0.177. The largest absolute Gasteiger partial charge is 0.348 e. The maximum Gasteiger partial charge on any atom is 0.184 e. The van der Waals surface area contributed by atoms with Gasteiger partial charge in [0.1, 0.15) is 0 Å². The zero-order chi connectivity index (χ0) is 14.1. The van der Waals surface area contributed by atoms with Gasteiger partial charge in [0.05, 0.1) is 12.7 Å². The molecule has 2 heteroatoms. The smallest absolute Gasteiger partial charge is 0.184 e. The topological polar surface area (TPSA) is 18.5 Å². The molecule has 1 saturated carbocycles. The summed E-state index contributed by atoms with van der Waals surface area (Å²) in [5, 5.41) is 0. The van der Waals surface area contributed by atoms with Crippen molar-refractivity contribution < 1.29 is 9.47 Å². The first kappa shape index (κ1) is 14.1. The first-order chi connectivity index (χ1) is 9.66. The maximum absolute atomic E-state index is 6.40. The fourth-order valence-electron chi connectivity index (χ4n) is 3.81. The number of rotatable bonds is 2. The lowest BCUT2D eigenvalue weighted by atomic mass is 9.69. The molecule has 20 heavy (non-hydrogen) atoms. The molecule has 1 aliphatic heterocycles. The molecule has 1 saturated heterocycles. The summed E-state index contributed by atoms with van der Waals surface area (Å²) in [6.07, 6.45) is 2.79. The number of ether oxygens (including phenoxy) is 2. The van der Waals surface area contributed by atoms with Gasteiger partial charge in [0, 0.05) is 11.5 Å². The van der Waals surface area contributed by atoms with Gasteiger partial charge in [0.15, 0.2) is 6.29 Å².